The van der Waals surface area contributed by atoms with E-state index in [0.717, 1.165) is 16.7 Å². The fourth-order valence-electron chi connectivity index (χ4n) is 2.94. The van der Waals surface area contributed by atoms with Crippen LogP contribution >= 0.6 is 23.2 Å². The minimum atomic E-state index is -0.0340. The second-order valence-corrected chi connectivity index (χ2v) is 7.73. The summed E-state index contributed by atoms with van der Waals surface area (Å²) in [6, 6.07) is 30.6. The molecule has 0 aliphatic heterocycles. The highest BCUT2D eigenvalue weighted by Crippen LogP contribution is 2.16. The van der Waals surface area contributed by atoms with Crippen molar-refractivity contribution in [1.82, 2.24) is 0 Å². The van der Waals surface area contributed by atoms with Crippen molar-refractivity contribution in [3.8, 4) is 0 Å². The normalized spacial score (nSPS) is 10.0. The Morgan fingerprint density at radius 2 is 0.935 bits per heavy atom. The highest BCUT2D eigenvalue weighted by Gasteiger charge is 2.10. The van der Waals surface area contributed by atoms with Gasteiger partial charge in [-0.3, -0.25) is 9.59 Å². The molecular weight excluding hydrogens is 427 g/mol. The Hall–Kier alpha value is -3.20. The van der Waals surface area contributed by atoms with E-state index in [0.29, 0.717) is 21.2 Å². The minimum Gasteiger partial charge on any atom is -0.289 e. The van der Waals surface area contributed by atoms with E-state index in [9.17, 15) is 9.59 Å². The molecule has 0 aliphatic rings. The molecule has 0 unspecified atom stereocenters. The van der Waals surface area contributed by atoms with Crippen LogP contribution in [-0.2, 0) is 0 Å². The lowest BCUT2D eigenvalue weighted by Crippen LogP contribution is -2.02. The number of benzene rings is 4. The van der Waals surface area contributed by atoms with E-state index in [4.69, 9.17) is 23.2 Å². The predicted molar refractivity (Wildman–Crippen MR) is 127 cm³/mol. The summed E-state index contributed by atoms with van der Waals surface area (Å²) in [7, 11) is 0. The molecule has 0 N–H and O–H groups in total. The third-order valence-electron chi connectivity index (χ3n) is 4.64. The predicted octanol–water partition coefficient (Wildman–Crippen LogP) is 7.45. The van der Waals surface area contributed by atoms with Gasteiger partial charge in [-0.15, -0.1) is 0 Å². The van der Waals surface area contributed by atoms with Crippen molar-refractivity contribution in [2.75, 3.05) is 0 Å². The van der Waals surface area contributed by atoms with Crippen molar-refractivity contribution in [1.29, 1.82) is 0 Å². The zero-order valence-corrected chi connectivity index (χ0v) is 18.4. The van der Waals surface area contributed by atoms with Gasteiger partial charge in [0.25, 0.3) is 0 Å². The van der Waals surface area contributed by atoms with E-state index in [-0.39, 0.29) is 11.6 Å². The molecule has 0 bridgehead atoms. The van der Waals surface area contributed by atoms with Crippen molar-refractivity contribution >= 4 is 34.8 Å². The average molecular weight is 447 g/mol. The van der Waals surface area contributed by atoms with Crippen LogP contribution in [0.4, 0.5) is 0 Å². The third-order valence-corrected chi connectivity index (χ3v) is 5.14. The van der Waals surface area contributed by atoms with Gasteiger partial charge in [0.2, 0.25) is 0 Å². The van der Waals surface area contributed by atoms with Crippen molar-refractivity contribution < 1.29 is 9.59 Å². The summed E-state index contributed by atoms with van der Waals surface area (Å²) in [6.07, 6.45) is 0. The maximum Gasteiger partial charge on any atom is 0.193 e. The monoisotopic (exact) mass is 446 g/mol. The Bertz CT molecular complexity index is 1120. The molecule has 0 amide bonds. The molecule has 4 rings (SSSR count). The Balaban J connectivity index is 0.000000176. The molecule has 0 saturated heterocycles. The molecule has 154 valence electrons. The number of hydrogen-bond acceptors (Lipinski definition) is 2. The van der Waals surface area contributed by atoms with Gasteiger partial charge in [-0.1, -0.05) is 77.8 Å². The number of carbonyl (C=O) groups excluding carboxylic acids is 2. The van der Waals surface area contributed by atoms with Gasteiger partial charge in [-0.2, -0.15) is 0 Å². The Kier molecular flexibility index (Phi) is 7.77. The molecule has 4 aromatic carbocycles. The first-order valence-electron chi connectivity index (χ1n) is 9.67. The lowest BCUT2D eigenvalue weighted by atomic mass is 9.99. The maximum atomic E-state index is 12.1. The molecule has 2 nitrogen and oxygen atoms in total. The van der Waals surface area contributed by atoms with Crippen LogP contribution in [0, 0.1) is 6.92 Å². The number of aryl methyl sites for hydroxylation is 1. The summed E-state index contributed by atoms with van der Waals surface area (Å²) < 4.78 is 0. The van der Waals surface area contributed by atoms with Gasteiger partial charge in [0, 0.05) is 32.3 Å². The molecule has 31 heavy (non-hydrogen) atoms. The highest BCUT2D eigenvalue weighted by atomic mass is 35.5. The van der Waals surface area contributed by atoms with Gasteiger partial charge >= 0.3 is 0 Å². The standard InChI is InChI=1S/C14H12O.C13H8Cl2O/c1-11-7-5-6-10-13(11)14(15)12-8-3-2-4-9-12;14-11-5-1-9(2-6-11)13(16)10-3-7-12(15)8-4-10/h2-10H,1H3;1-8H. The van der Waals surface area contributed by atoms with Crippen LogP contribution in [-0.4, -0.2) is 11.6 Å². The van der Waals surface area contributed by atoms with E-state index in [2.05, 4.69) is 0 Å². The van der Waals surface area contributed by atoms with E-state index in [1.165, 1.54) is 0 Å². The molecule has 0 heterocycles. The number of halogens is 2. The maximum absolute atomic E-state index is 12.1. The van der Waals surface area contributed by atoms with Crippen LogP contribution in [0.5, 0.6) is 0 Å². The van der Waals surface area contributed by atoms with Gasteiger partial charge in [-0.05, 0) is 61.0 Å². The number of ketones is 2. The molecule has 0 aliphatic carbocycles. The summed E-state index contributed by atoms with van der Waals surface area (Å²) in [5.74, 6) is 0.0574. The van der Waals surface area contributed by atoms with Crippen molar-refractivity contribution in [3.63, 3.8) is 0 Å². The van der Waals surface area contributed by atoms with Gasteiger partial charge < -0.3 is 0 Å². The van der Waals surface area contributed by atoms with Crippen LogP contribution in [0.25, 0.3) is 0 Å². The SMILES string of the molecule is Cc1ccccc1C(=O)c1ccccc1.O=C(c1ccc(Cl)cc1)c1ccc(Cl)cc1. The quantitative estimate of drug-likeness (QED) is 0.305. The zero-order valence-electron chi connectivity index (χ0n) is 16.9. The van der Waals surface area contributed by atoms with Crippen molar-refractivity contribution in [2.45, 2.75) is 6.92 Å². The molecule has 0 saturated carbocycles. The highest BCUT2D eigenvalue weighted by molar-refractivity contribution is 6.31. The van der Waals surface area contributed by atoms with Gasteiger partial charge in [-0.25, -0.2) is 0 Å². The molecule has 0 radical (unpaired) electrons. The lowest BCUT2D eigenvalue weighted by Gasteiger charge is -2.03. The average Bonchev–Trinajstić information content (AvgIpc) is 2.80. The number of hydrogen-bond donors (Lipinski definition) is 0. The van der Waals surface area contributed by atoms with Crippen molar-refractivity contribution in [2.24, 2.45) is 0 Å². The van der Waals surface area contributed by atoms with Gasteiger partial charge in [0.15, 0.2) is 11.6 Å². The third kappa shape index (κ3) is 6.14. The molecule has 4 aromatic rings. The molecule has 4 heteroatoms. The Morgan fingerprint density at radius 1 is 0.516 bits per heavy atom. The second kappa shape index (κ2) is 10.7. The first-order chi connectivity index (χ1) is 15.0. The smallest absolute Gasteiger partial charge is 0.193 e. The Labute approximate surface area is 192 Å². The van der Waals surface area contributed by atoms with E-state index >= 15 is 0 Å². The Morgan fingerprint density at radius 3 is 1.42 bits per heavy atom. The molecular formula is C27H20Cl2O2. The zero-order chi connectivity index (χ0) is 22.2. The van der Waals surface area contributed by atoms with Crippen LogP contribution < -0.4 is 0 Å². The summed E-state index contributed by atoms with van der Waals surface area (Å²) >= 11 is 11.5. The van der Waals surface area contributed by atoms with Crippen molar-refractivity contribution in [3.05, 3.63) is 141 Å². The summed E-state index contributed by atoms with van der Waals surface area (Å²) in [5.41, 5.74) is 3.78. The molecule has 0 fully saturated rings. The topological polar surface area (TPSA) is 34.1 Å². The summed E-state index contributed by atoms with van der Waals surface area (Å²) in [4.78, 5) is 24.0. The van der Waals surface area contributed by atoms with E-state index in [1.807, 2.05) is 61.5 Å². The minimum absolute atomic E-state index is 0.0340. The van der Waals surface area contributed by atoms with E-state index < -0.39 is 0 Å². The largest absolute Gasteiger partial charge is 0.289 e. The molecule has 0 aromatic heterocycles. The first kappa shape index (κ1) is 22.5. The lowest BCUT2D eigenvalue weighted by molar-refractivity contribution is 0.103. The number of rotatable bonds is 4. The fraction of sp³-hybridized carbons (Fsp3) is 0.0370. The fourth-order valence-corrected chi connectivity index (χ4v) is 3.19. The van der Waals surface area contributed by atoms with Gasteiger partial charge in [0.05, 0.1) is 0 Å². The van der Waals surface area contributed by atoms with Crippen LogP contribution in [0.3, 0.4) is 0 Å². The van der Waals surface area contributed by atoms with Crippen LogP contribution in [0.15, 0.2) is 103 Å². The van der Waals surface area contributed by atoms with Crippen LogP contribution in [0.2, 0.25) is 10.0 Å². The molecule has 0 spiro atoms. The summed E-state index contributed by atoms with van der Waals surface area (Å²) in [5, 5.41) is 1.24. The first-order valence-corrected chi connectivity index (χ1v) is 10.4. The van der Waals surface area contributed by atoms with Crippen LogP contribution in [0.1, 0.15) is 37.4 Å². The van der Waals surface area contributed by atoms with E-state index in [1.54, 1.807) is 48.5 Å². The molecule has 0 atom stereocenters. The van der Waals surface area contributed by atoms with Gasteiger partial charge in [0.1, 0.15) is 0 Å². The number of carbonyl (C=O) groups is 2. The summed E-state index contributed by atoms with van der Waals surface area (Å²) in [6.45, 7) is 1.95. The second-order valence-electron chi connectivity index (χ2n) is 6.85.